The summed E-state index contributed by atoms with van der Waals surface area (Å²) in [6, 6.07) is -19.8. The molecule has 0 amide bonds. The Morgan fingerprint density at radius 2 is 0.806 bits per heavy atom. The van der Waals surface area contributed by atoms with E-state index in [1.54, 1.807) is 0 Å². The number of hydrogen-bond acceptors (Lipinski definition) is 30. The molecular formula is C72H93F3N18O12S3. The maximum Gasteiger partial charge on any atom is 0.191 e. The van der Waals surface area contributed by atoms with E-state index in [-0.39, 0.29) is 97.4 Å². The lowest BCUT2D eigenvalue weighted by molar-refractivity contribution is -0.0629. The molecule has 0 bridgehead atoms. The van der Waals surface area contributed by atoms with Gasteiger partial charge in [-0.25, -0.2) is 57.1 Å². The fraction of sp³-hybridized carbons (Fsp3) is 0.583. The van der Waals surface area contributed by atoms with Gasteiger partial charge in [0.2, 0.25) is 0 Å². The van der Waals surface area contributed by atoms with Crippen molar-refractivity contribution in [2.24, 2.45) is 0 Å². The van der Waals surface area contributed by atoms with Crippen LogP contribution in [-0.4, -0.2) is 250 Å². The molecule has 9 aromatic rings. The number of anilines is 3. The molecule has 108 heavy (non-hydrogen) atoms. The minimum Gasteiger partial charge on any atom is -0.394 e. The average Bonchev–Trinajstić information content (AvgIpc) is 1.49. The number of halogens is 3. The Morgan fingerprint density at radius 1 is 0.481 bits per heavy atom. The Bertz CT molecular complexity index is 6740. The van der Waals surface area contributed by atoms with Gasteiger partial charge < -0.3 is 76.1 Å². The molecule has 6 aromatic heterocycles. The van der Waals surface area contributed by atoms with Gasteiger partial charge in [-0.05, 0) is 111 Å². The SMILES string of the molecule is [2H]c1c([2H])c([C@]2([2H])C[C@H]2Nc2nc(SC([2H])([2H])CC)nc3c2nnn3[C@]2([2H])C([2H])([2H])[C@]([2H])(OC([2H])([2H])CO)[C@@]([2H])(O)[C@@]2([2H])O)c([2H])c(F)c1C.[2H]c1c([2H])c([C@]2([2H])C[C@H]2Nc2nc(SC([2H])([2H])CC)nc3c2nnn3[C@]2([2H])C([2H])([2H])[C@]([2H])(OCC([2H])([2H])O)[C@@]([2H])(O)[C@@]2([2H])O)c([2H])c(F)c1C.[2H]c1c([2H])c([C@]2([2H])C[C@H]2Nc2nc(SC([2H])([2H])CC)nc3c2nnn3[C@]2([2H])C([2H])([2H])[C@]([2H])(OCCO)[C@@]([2H])(O)[C@@]2([2H])O)c([2H])c(F)c1C. The van der Waals surface area contributed by atoms with E-state index in [1.165, 1.54) is 41.5 Å². The lowest BCUT2D eigenvalue weighted by atomic mass is 10.1. The van der Waals surface area contributed by atoms with Crippen molar-refractivity contribution < 1.29 is 128 Å². The van der Waals surface area contributed by atoms with Crippen LogP contribution in [-0.2, 0) is 14.2 Å². The number of aliphatic hydroxyl groups is 9. The van der Waals surface area contributed by atoms with Crippen LogP contribution in [0.25, 0.3) is 33.5 Å². The highest BCUT2D eigenvalue weighted by atomic mass is 32.2. The van der Waals surface area contributed by atoms with Crippen molar-refractivity contribution in [3.05, 3.63) is 105 Å². The molecule has 6 saturated carbocycles. The molecule has 6 heterocycles. The molecule has 30 nitrogen and oxygen atoms in total. The van der Waals surface area contributed by atoms with Crippen molar-refractivity contribution in [2.75, 3.05) is 72.6 Å². The van der Waals surface area contributed by atoms with Gasteiger partial charge >= 0.3 is 0 Å². The molecule has 0 saturated heterocycles. The lowest BCUT2D eigenvalue weighted by Crippen LogP contribution is -2.33. The van der Waals surface area contributed by atoms with Crippen molar-refractivity contribution in [2.45, 2.75) is 223 Å². The Hall–Kier alpha value is -7.14. The molecule has 6 aliphatic rings. The first-order valence-corrected chi connectivity index (χ1v) is 34.9. The number of fused-ring (bicyclic) bond motifs is 3. The second-order valence-electron chi connectivity index (χ2n) is 23.2. The third-order valence-corrected chi connectivity index (χ3v) is 18.1. The number of thioether (sulfide) groups is 3. The number of nitrogens with zero attached hydrogens (tertiary/aromatic N) is 15. The second kappa shape index (κ2) is 35.1. The summed E-state index contributed by atoms with van der Waals surface area (Å²) in [5.74, 6) is -9.81. The first kappa shape index (κ1) is 43.0. The van der Waals surface area contributed by atoms with Crippen molar-refractivity contribution in [3.8, 4) is 0 Å². The summed E-state index contributed by atoms with van der Waals surface area (Å²) in [6.45, 7) is -3.13. The Kier molecular flexibility index (Phi) is 14.0. The summed E-state index contributed by atoms with van der Waals surface area (Å²) < 4.78 is 395. The summed E-state index contributed by atoms with van der Waals surface area (Å²) in [6.07, 6.45) is -48.1. The molecule has 0 spiro atoms. The number of aromatic nitrogens is 15. The minimum atomic E-state index is -4.18. The van der Waals surface area contributed by atoms with E-state index in [2.05, 4.69) is 81.5 Å². The maximum absolute atomic E-state index is 14.8. The number of benzene rings is 3. The highest BCUT2D eigenvalue weighted by Gasteiger charge is 2.49. The van der Waals surface area contributed by atoms with Gasteiger partial charge in [-0.3, -0.25) is 0 Å². The maximum atomic E-state index is 14.8. The molecule has 0 unspecified atom stereocenters. The van der Waals surface area contributed by atoms with Crippen LogP contribution in [0.5, 0.6) is 0 Å². The van der Waals surface area contributed by atoms with E-state index >= 15 is 0 Å². The van der Waals surface area contributed by atoms with E-state index in [4.69, 9.17) is 64.3 Å². The fourth-order valence-corrected chi connectivity index (χ4v) is 11.8. The van der Waals surface area contributed by atoms with E-state index in [9.17, 15) is 59.1 Å². The van der Waals surface area contributed by atoms with Gasteiger partial charge in [0.1, 0.15) is 53.9 Å². The van der Waals surface area contributed by atoms with Crippen LogP contribution in [0, 0.1) is 38.2 Å². The van der Waals surface area contributed by atoms with Gasteiger partial charge in [0.25, 0.3) is 0 Å². The molecule has 15 rings (SSSR count). The first-order chi connectivity index (χ1) is 67.1. The second-order valence-corrected chi connectivity index (χ2v) is 25.7. The van der Waals surface area contributed by atoms with Crippen molar-refractivity contribution >= 4 is 86.2 Å². The molecule has 0 radical (unpaired) electrons. The molecule has 582 valence electrons. The van der Waals surface area contributed by atoms with Gasteiger partial charge in [-0.15, -0.1) is 15.3 Å². The van der Waals surface area contributed by atoms with Crippen LogP contribution < -0.4 is 16.0 Å². The van der Waals surface area contributed by atoms with Gasteiger partial charge in [0, 0.05) is 92.6 Å². The predicted octanol–water partition coefficient (Wildman–Crippen LogP) is 6.55. The molecule has 36 heteroatoms. The summed E-state index contributed by atoms with van der Waals surface area (Å²) in [5, 5.41) is 124. The van der Waals surface area contributed by atoms with E-state index in [0.29, 0.717) is 35.3 Å². The number of ether oxygens (including phenoxy) is 3. The highest BCUT2D eigenvalue weighted by Crippen LogP contribution is 2.48. The Labute approximate surface area is 689 Å². The average molecular weight is 1600 g/mol. The van der Waals surface area contributed by atoms with Crippen LogP contribution in [0.2, 0.25) is 0 Å². The zero-order chi connectivity index (χ0) is 112. The third kappa shape index (κ3) is 17.5. The van der Waals surface area contributed by atoms with Crippen LogP contribution in [0.15, 0.2) is 69.9 Å². The van der Waals surface area contributed by atoms with Crippen LogP contribution >= 0.6 is 35.3 Å². The van der Waals surface area contributed by atoms with E-state index in [0.717, 1.165) is 0 Å². The van der Waals surface area contributed by atoms with Crippen LogP contribution in [0.1, 0.15) is 202 Å². The summed E-state index contributed by atoms with van der Waals surface area (Å²) >= 11 is 1.33. The summed E-state index contributed by atoms with van der Waals surface area (Å²) in [4.78, 5) is 25.1. The van der Waals surface area contributed by atoms with Gasteiger partial charge in [-0.2, -0.15) is 0 Å². The van der Waals surface area contributed by atoms with Gasteiger partial charge in [0.05, 0.1) is 110 Å². The predicted molar refractivity (Wildman–Crippen MR) is 398 cm³/mol. The number of aliphatic hydroxyl groups excluding tert-OH is 2. The number of hydrogen-bond donors (Lipinski definition) is 12. The standard InChI is InChI=1S/3C24H31FN6O4S/c3*1-3-8-36-24-27-22(26-16-10-14(16)13-5-4-12(2)15(25)9-13)19-23(28-24)31(30-29-19)17-11-18(35-7-6-32)21(34)20(17)33/h3*4-5,9,14,16-18,20-21,32-34H,3,6-8,10-11H2,1-2H3,(H,26,27,28)/t3*14-,16+,17+,18-,20-,21+/m000/s1/i4D,5D,7D2,8D2,9D,11D2,14D,17D,18D,20D,21D;4D,5D,6D2,8D2,9D,11D2,14D,17D,18D,20D,21D;4D,5D,8D2,9D,11D2,14D,17D,18D,20D,21D. The summed E-state index contributed by atoms with van der Waals surface area (Å²) in [5.41, 5.74) is -11.4. The Morgan fingerprint density at radius 3 is 1.11 bits per heavy atom. The zero-order valence-corrected chi connectivity index (χ0v) is 59.6. The van der Waals surface area contributed by atoms with E-state index in [1.807, 2.05) is 0 Å². The van der Waals surface area contributed by atoms with Crippen molar-refractivity contribution in [3.63, 3.8) is 0 Å². The van der Waals surface area contributed by atoms with E-state index < -0.39 is 311 Å². The molecule has 18 atom stereocenters. The fourth-order valence-electron chi connectivity index (χ4n) is 10.2. The molecular weight excluding hydrogens is 1460 g/mol. The molecule has 0 aliphatic heterocycles. The Balaban J connectivity index is 0.000000185. The monoisotopic (exact) mass is 1590 g/mol. The third-order valence-electron chi connectivity index (χ3n) is 15.7. The zero-order valence-electron chi connectivity index (χ0n) is 97.1. The molecule has 6 fully saturated rings. The number of nitrogens with one attached hydrogen (secondary N) is 3. The van der Waals surface area contributed by atoms with Gasteiger partial charge in [-0.1, -0.05) is 108 Å². The quantitative estimate of drug-likeness (QED) is 0.0168. The molecule has 6 aliphatic carbocycles. The van der Waals surface area contributed by atoms with Crippen LogP contribution in [0.3, 0.4) is 0 Å². The van der Waals surface area contributed by atoms with Crippen LogP contribution in [0.4, 0.5) is 30.6 Å². The van der Waals surface area contributed by atoms with Gasteiger partial charge in [0.15, 0.2) is 66.4 Å². The normalized spacial score (nSPS) is 45.3. The first-order valence-electron chi connectivity index (χ1n) is 52.4. The topological polar surface area (TPSA) is 415 Å². The highest BCUT2D eigenvalue weighted by molar-refractivity contribution is 7.99. The largest absolute Gasteiger partial charge is 0.394 e. The lowest BCUT2D eigenvalue weighted by Gasteiger charge is -2.17. The molecule has 3 aromatic carbocycles. The van der Waals surface area contributed by atoms with Crippen molar-refractivity contribution in [1.82, 2.24) is 74.9 Å². The van der Waals surface area contributed by atoms with Crippen molar-refractivity contribution in [1.29, 1.82) is 0 Å². The smallest absolute Gasteiger partial charge is 0.191 e. The number of rotatable bonds is 30. The minimum absolute atomic E-state index is 0.0579. The molecule has 12 N–H and O–H groups in total. The summed E-state index contributed by atoms with van der Waals surface area (Å²) in [7, 11) is 0.